The van der Waals surface area contributed by atoms with E-state index in [0.717, 1.165) is 26.6 Å². The van der Waals surface area contributed by atoms with Gasteiger partial charge in [0.1, 0.15) is 0 Å². The van der Waals surface area contributed by atoms with Gasteiger partial charge in [-0.1, -0.05) is 86.5 Å². The maximum absolute atomic E-state index is 5.73. The number of hydrogen-bond acceptors (Lipinski definition) is 2. The zero-order valence-electron chi connectivity index (χ0n) is 15.6. The summed E-state index contributed by atoms with van der Waals surface area (Å²) in [5.74, 6) is 0. The van der Waals surface area contributed by atoms with Gasteiger partial charge in [-0.05, 0) is 53.2 Å². The summed E-state index contributed by atoms with van der Waals surface area (Å²) in [4.78, 5) is 0. The molecule has 1 heterocycles. The van der Waals surface area contributed by atoms with Gasteiger partial charge in [-0.25, -0.2) is 5.01 Å². The smallest absolute Gasteiger partial charge is 0.190 e. The number of nitrogens with zero attached hydrogens (tertiary/aromatic N) is 2. The summed E-state index contributed by atoms with van der Waals surface area (Å²) in [6.07, 6.45) is 0.802. The molecule has 0 amide bonds. The van der Waals surface area contributed by atoms with E-state index >= 15 is 0 Å². The van der Waals surface area contributed by atoms with Crippen LogP contribution in [-0.2, 0) is 6.54 Å². The van der Waals surface area contributed by atoms with Gasteiger partial charge in [0.05, 0.1) is 11.8 Å². The van der Waals surface area contributed by atoms with E-state index in [0.29, 0.717) is 11.7 Å². The number of nitrogens with one attached hydrogen (secondary N) is 1. The second-order valence-corrected chi connectivity index (χ2v) is 9.03. The number of hydrazone groups is 1. The van der Waals surface area contributed by atoms with E-state index < -0.39 is 0 Å². The Balaban J connectivity index is 1.58. The van der Waals surface area contributed by atoms with Gasteiger partial charge in [-0.15, -0.1) is 0 Å². The van der Waals surface area contributed by atoms with Crippen molar-refractivity contribution in [2.75, 3.05) is 0 Å². The maximum Gasteiger partial charge on any atom is 0.190 e. The van der Waals surface area contributed by atoms with Crippen molar-refractivity contribution in [2.45, 2.75) is 19.0 Å². The molecule has 0 bridgehead atoms. The van der Waals surface area contributed by atoms with Gasteiger partial charge in [-0.3, -0.25) is 0 Å². The van der Waals surface area contributed by atoms with Crippen LogP contribution in [0.15, 0.2) is 92.9 Å². The monoisotopic (exact) mass is 527 g/mol. The summed E-state index contributed by atoms with van der Waals surface area (Å²) < 4.78 is 2.12. The standard InChI is InChI=1S/C23H19Br2N3S/c24-19-10-6-17(7-11-19)21-14-22(18-8-12-20(25)13-9-18)28(27-21)23(29)26-15-16-4-2-1-3-5-16/h1-13,22H,14-15H2,(H,26,29)/t22-/m1/s1. The van der Waals surface area contributed by atoms with Crippen LogP contribution in [0.1, 0.15) is 29.2 Å². The first-order valence-electron chi connectivity index (χ1n) is 9.30. The largest absolute Gasteiger partial charge is 0.357 e. The Labute approximate surface area is 193 Å². The summed E-state index contributed by atoms with van der Waals surface area (Å²) in [5, 5.41) is 10.8. The molecule has 0 aliphatic carbocycles. The zero-order valence-corrected chi connectivity index (χ0v) is 19.5. The Morgan fingerprint density at radius 1 is 0.931 bits per heavy atom. The number of hydrogen-bond donors (Lipinski definition) is 1. The van der Waals surface area contributed by atoms with Crippen LogP contribution >= 0.6 is 44.1 Å². The topological polar surface area (TPSA) is 27.6 Å². The predicted molar refractivity (Wildman–Crippen MR) is 130 cm³/mol. The Kier molecular flexibility index (Phi) is 6.43. The Hall–Kier alpha value is -2.02. The van der Waals surface area contributed by atoms with Crippen LogP contribution in [0.5, 0.6) is 0 Å². The van der Waals surface area contributed by atoms with Crippen LogP contribution in [0.25, 0.3) is 0 Å². The minimum absolute atomic E-state index is 0.0671. The van der Waals surface area contributed by atoms with Gasteiger partial charge >= 0.3 is 0 Å². The summed E-state index contributed by atoms with van der Waals surface area (Å²) in [5.41, 5.74) is 4.53. The van der Waals surface area contributed by atoms with E-state index in [2.05, 4.69) is 85.7 Å². The molecule has 4 rings (SSSR count). The van der Waals surface area contributed by atoms with Gasteiger partial charge in [0, 0.05) is 21.9 Å². The second kappa shape index (κ2) is 9.20. The lowest BCUT2D eigenvalue weighted by Gasteiger charge is -2.25. The van der Waals surface area contributed by atoms with Crippen LogP contribution in [-0.4, -0.2) is 15.8 Å². The summed E-state index contributed by atoms with van der Waals surface area (Å²) >= 11 is 12.8. The third-order valence-electron chi connectivity index (χ3n) is 4.84. The molecular weight excluding hydrogens is 510 g/mol. The Morgan fingerprint density at radius 2 is 1.55 bits per heavy atom. The third kappa shape index (κ3) is 4.94. The van der Waals surface area contributed by atoms with Crippen molar-refractivity contribution in [3.05, 3.63) is 104 Å². The van der Waals surface area contributed by atoms with E-state index in [4.69, 9.17) is 17.3 Å². The highest BCUT2D eigenvalue weighted by Crippen LogP contribution is 2.33. The van der Waals surface area contributed by atoms with Gasteiger partial charge < -0.3 is 5.32 Å². The fourth-order valence-corrected chi connectivity index (χ4v) is 4.08. The molecule has 29 heavy (non-hydrogen) atoms. The van der Waals surface area contributed by atoms with E-state index in [1.165, 1.54) is 11.1 Å². The molecule has 3 aromatic rings. The lowest BCUT2D eigenvalue weighted by Crippen LogP contribution is -2.36. The number of halogens is 2. The highest BCUT2D eigenvalue weighted by Gasteiger charge is 2.31. The number of benzene rings is 3. The quantitative estimate of drug-likeness (QED) is 0.395. The average Bonchev–Trinajstić information content (AvgIpc) is 3.19. The van der Waals surface area contributed by atoms with Crippen LogP contribution in [0.2, 0.25) is 0 Å². The highest BCUT2D eigenvalue weighted by molar-refractivity contribution is 9.10. The number of rotatable bonds is 4. The molecule has 0 saturated heterocycles. The minimum atomic E-state index is 0.0671. The molecule has 3 nitrogen and oxygen atoms in total. The Morgan fingerprint density at radius 3 is 2.21 bits per heavy atom. The molecule has 0 aromatic heterocycles. The normalized spacial score (nSPS) is 15.9. The van der Waals surface area contributed by atoms with Crippen LogP contribution in [0.4, 0.5) is 0 Å². The molecule has 1 aliphatic rings. The lowest BCUT2D eigenvalue weighted by molar-refractivity contribution is 0.364. The molecule has 146 valence electrons. The van der Waals surface area contributed by atoms with Crippen molar-refractivity contribution in [1.29, 1.82) is 0 Å². The molecule has 0 saturated carbocycles. The minimum Gasteiger partial charge on any atom is -0.357 e. The Bertz CT molecular complexity index is 1020. The van der Waals surface area contributed by atoms with Crippen molar-refractivity contribution >= 4 is 54.9 Å². The fraction of sp³-hybridized carbons (Fsp3) is 0.130. The molecule has 6 heteroatoms. The summed E-state index contributed by atoms with van der Waals surface area (Å²) in [6, 6.07) is 27.0. The van der Waals surface area contributed by atoms with Gasteiger partial charge in [-0.2, -0.15) is 5.10 Å². The van der Waals surface area contributed by atoms with E-state index in [-0.39, 0.29) is 6.04 Å². The van der Waals surface area contributed by atoms with Gasteiger partial charge in [0.25, 0.3) is 0 Å². The fourth-order valence-electron chi connectivity index (χ4n) is 3.31. The van der Waals surface area contributed by atoms with E-state index in [9.17, 15) is 0 Å². The predicted octanol–water partition coefficient (Wildman–Crippen LogP) is 6.44. The summed E-state index contributed by atoms with van der Waals surface area (Å²) in [6.45, 7) is 0.673. The van der Waals surface area contributed by atoms with Crippen LogP contribution < -0.4 is 5.32 Å². The molecule has 1 atom stereocenters. The van der Waals surface area contributed by atoms with E-state index in [1.54, 1.807) is 0 Å². The summed E-state index contributed by atoms with van der Waals surface area (Å²) in [7, 11) is 0. The van der Waals surface area contributed by atoms with Crippen molar-refractivity contribution in [1.82, 2.24) is 10.3 Å². The van der Waals surface area contributed by atoms with Crippen LogP contribution in [0.3, 0.4) is 0 Å². The van der Waals surface area contributed by atoms with Crippen molar-refractivity contribution < 1.29 is 0 Å². The molecule has 1 aliphatic heterocycles. The van der Waals surface area contributed by atoms with Crippen molar-refractivity contribution in [2.24, 2.45) is 5.10 Å². The van der Waals surface area contributed by atoms with Gasteiger partial charge in [0.2, 0.25) is 0 Å². The second-order valence-electron chi connectivity index (χ2n) is 6.81. The molecule has 1 N–H and O–H groups in total. The van der Waals surface area contributed by atoms with Crippen molar-refractivity contribution in [3.63, 3.8) is 0 Å². The third-order valence-corrected chi connectivity index (χ3v) is 6.23. The average molecular weight is 529 g/mol. The highest BCUT2D eigenvalue weighted by atomic mass is 79.9. The molecule has 0 radical (unpaired) electrons. The first-order chi connectivity index (χ1) is 14.1. The first kappa shape index (κ1) is 20.3. The number of thiocarbonyl (C=S) groups is 1. The van der Waals surface area contributed by atoms with Crippen molar-refractivity contribution in [3.8, 4) is 0 Å². The molecule has 0 fully saturated rings. The lowest BCUT2D eigenvalue weighted by atomic mass is 9.99. The first-order valence-corrected chi connectivity index (χ1v) is 11.3. The molecular formula is C23H19Br2N3S. The van der Waals surface area contributed by atoms with Gasteiger partial charge in [0.15, 0.2) is 5.11 Å². The molecule has 3 aromatic carbocycles. The van der Waals surface area contributed by atoms with Crippen LogP contribution in [0, 0.1) is 0 Å². The molecule has 0 spiro atoms. The van der Waals surface area contributed by atoms with E-state index in [1.807, 2.05) is 35.3 Å². The maximum atomic E-state index is 5.73. The molecule has 0 unspecified atom stereocenters. The zero-order chi connectivity index (χ0) is 20.2. The SMILES string of the molecule is S=C(NCc1ccccc1)N1N=C(c2ccc(Br)cc2)C[C@@H]1c1ccc(Br)cc1.